The number of aryl methyl sites for hydroxylation is 1. The zero-order valence-corrected chi connectivity index (χ0v) is 23.1. The number of ether oxygens (including phenoxy) is 1. The number of benzene rings is 1. The number of nitrogens with one attached hydrogen (secondary N) is 1. The summed E-state index contributed by atoms with van der Waals surface area (Å²) in [6.07, 6.45) is 1.26. The van der Waals surface area contributed by atoms with Crippen molar-refractivity contribution in [3.05, 3.63) is 29.3 Å². The van der Waals surface area contributed by atoms with E-state index in [1.807, 2.05) is 7.05 Å². The van der Waals surface area contributed by atoms with E-state index in [-0.39, 0.29) is 24.0 Å². The molecule has 0 radical (unpaired) electrons. The van der Waals surface area contributed by atoms with E-state index >= 15 is 0 Å². The van der Waals surface area contributed by atoms with E-state index in [2.05, 4.69) is 62.0 Å². The highest BCUT2D eigenvalue weighted by Crippen LogP contribution is 2.24. The van der Waals surface area contributed by atoms with Crippen LogP contribution in [0.15, 0.2) is 23.2 Å². The van der Waals surface area contributed by atoms with Crippen LogP contribution in [0.2, 0.25) is 0 Å². The lowest BCUT2D eigenvalue weighted by atomic mass is 10.1. The number of morpholine rings is 1. The van der Waals surface area contributed by atoms with Crippen LogP contribution in [0.1, 0.15) is 17.5 Å². The topological polar surface area (TPSA) is 46.6 Å². The lowest BCUT2D eigenvalue weighted by Crippen LogP contribution is -2.50. The van der Waals surface area contributed by atoms with Crippen LogP contribution in [0.3, 0.4) is 0 Å². The molecule has 1 aromatic rings. The summed E-state index contributed by atoms with van der Waals surface area (Å²) in [7, 11) is 1.92. The normalized spacial score (nSPS) is 23.0. The van der Waals surface area contributed by atoms with Crippen LogP contribution < -0.4 is 10.2 Å². The van der Waals surface area contributed by atoms with E-state index in [4.69, 9.17) is 4.74 Å². The number of nitrogens with zero attached hydrogens (tertiary/aromatic N) is 5. The summed E-state index contributed by atoms with van der Waals surface area (Å²) in [6, 6.07) is 6.66. The Morgan fingerprint density at radius 2 is 1.79 bits per heavy atom. The lowest BCUT2D eigenvalue weighted by molar-refractivity contribution is 0.0315. The third-order valence-corrected chi connectivity index (χ3v) is 7.42. The van der Waals surface area contributed by atoms with Gasteiger partial charge in [-0.2, -0.15) is 0 Å². The van der Waals surface area contributed by atoms with Crippen LogP contribution in [0.5, 0.6) is 0 Å². The Bertz CT molecular complexity index is 761. The second-order valence-corrected chi connectivity index (χ2v) is 9.54. The van der Waals surface area contributed by atoms with Crippen LogP contribution in [0, 0.1) is 19.8 Å². The number of guanidine groups is 1. The van der Waals surface area contributed by atoms with Gasteiger partial charge in [0.25, 0.3) is 0 Å². The molecule has 3 aliphatic rings. The number of hydrogen-bond acceptors (Lipinski definition) is 5. The van der Waals surface area contributed by atoms with Crippen molar-refractivity contribution >= 4 is 35.6 Å². The number of hydrogen-bond donors (Lipinski definition) is 1. The van der Waals surface area contributed by atoms with Crippen molar-refractivity contribution in [2.24, 2.45) is 10.9 Å². The first-order chi connectivity index (χ1) is 15.6. The van der Waals surface area contributed by atoms with Gasteiger partial charge >= 0.3 is 0 Å². The van der Waals surface area contributed by atoms with Crippen LogP contribution in [-0.2, 0) is 4.74 Å². The quantitative estimate of drug-likeness (QED) is 0.322. The second kappa shape index (κ2) is 13.1. The Hall–Kier alpha value is -1.10. The van der Waals surface area contributed by atoms with Gasteiger partial charge in [-0.3, -0.25) is 14.8 Å². The number of piperazine rings is 1. The third-order valence-electron chi connectivity index (χ3n) is 7.42. The minimum atomic E-state index is 0. The van der Waals surface area contributed by atoms with Crippen LogP contribution in [-0.4, -0.2) is 113 Å². The Morgan fingerprint density at radius 1 is 1.03 bits per heavy atom. The predicted molar refractivity (Wildman–Crippen MR) is 148 cm³/mol. The molecule has 3 saturated heterocycles. The first-order valence-corrected chi connectivity index (χ1v) is 12.4. The summed E-state index contributed by atoms with van der Waals surface area (Å²) in [4.78, 5) is 14.7. The molecule has 1 atom stereocenters. The summed E-state index contributed by atoms with van der Waals surface area (Å²) in [6.45, 7) is 18.3. The molecule has 0 aliphatic carbocycles. The average molecular weight is 571 g/mol. The molecule has 1 N–H and O–H groups in total. The van der Waals surface area contributed by atoms with E-state index in [9.17, 15) is 0 Å². The minimum Gasteiger partial charge on any atom is -0.379 e. The van der Waals surface area contributed by atoms with Crippen LogP contribution in [0.25, 0.3) is 0 Å². The van der Waals surface area contributed by atoms with Crippen molar-refractivity contribution in [3.63, 3.8) is 0 Å². The molecular weight excluding hydrogens is 527 g/mol. The molecule has 0 amide bonds. The van der Waals surface area contributed by atoms with Crippen molar-refractivity contribution in [2.75, 3.05) is 97.2 Å². The smallest absolute Gasteiger partial charge is 0.193 e. The first kappa shape index (κ1) is 26.5. The summed E-state index contributed by atoms with van der Waals surface area (Å²) >= 11 is 0. The Labute approximate surface area is 217 Å². The number of rotatable bonds is 6. The monoisotopic (exact) mass is 570 g/mol. The van der Waals surface area contributed by atoms with Gasteiger partial charge in [-0.1, -0.05) is 12.1 Å². The molecule has 186 valence electrons. The highest BCUT2D eigenvalue weighted by molar-refractivity contribution is 14.0. The van der Waals surface area contributed by atoms with E-state index < -0.39 is 0 Å². The maximum absolute atomic E-state index is 5.49. The van der Waals surface area contributed by atoms with Crippen LogP contribution >= 0.6 is 24.0 Å². The summed E-state index contributed by atoms with van der Waals surface area (Å²) in [5, 5.41) is 3.63. The third kappa shape index (κ3) is 7.19. The Kier molecular flexibility index (Phi) is 10.5. The van der Waals surface area contributed by atoms with Crippen molar-refractivity contribution < 1.29 is 4.74 Å². The minimum absolute atomic E-state index is 0. The second-order valence-electron chi connectivity index (χ2n) is 9.54. The highest BCUT2D eigenvalue weighted by Gasteiger charge is 2.27. The fourth-order valence-electron chi connectivity index (χ4n) is 5.27. The molecule has 0 saturated carbocycles. The van der Waals surface area contributed by atoms with Gasteiger partial charge in [-0.05, 0) is 43.4 Å². The van der Waals surface area contributed by atoms with Gasteiger partial charge < -0.3 is 19.9 Å². The van der Waals surface area contributed by atoms with E-state index in [0.29, 0.717) is 0 Å². The van der Waals surface area contributed by atoms with Crippen molar-refractivity contribution in [3.8, 4) is 0 Å². The molecule has 8 heteroatoms. The van der Waals surface area contributed by atoms with Gasteiger partial charge in [-0.15, -0.1) is 24.0 Å². The van der Waals surface area contributed by atoms with Gasteiger partial charge in [0.05, 0.1) is 13.2 Å². The number of anilines is 1. The summed E-state index contributed by atoms with van der Waals surface area (Å²) < 4.78 is 5.49. The molecule has 0 spiro atoms. The van der Waals surface area contributed by atoms with Crippen LogP contribution in [0.4, 0.5) is 5.69 Å². The van der Waals surface area contributed by atoms with Gasteiger partial charge in [-0.25, -0.2) is 0 Å². The molecule has 7 nitrogen and oxygen atoms in total. The zero-order valence-electron chi connectivity index (χ0n) is 20.8. The molecule has 4 rings (SSSR count). The van der Waals surface area contributed by atoms with Gasteiger partial charge in [0.15, 0.2) is 5.96 Å². The maximum atomic E-state index is 5.49. The first-order valence-electron chi connectivity index (χ1n) is 12.4. The van der Waals surface area contributed by atoms with E-state index in [1.165, 1.54) is 29.8 Å². The van der Waals surface area contributed by atoms with Crippen molar-refractivity contribution in [1.82, 2.24) is 20.0 Å². The number of likely N-dealkylation sites (tertiary alicyclic amines) is 1. The number of aliphatic imine (C=N–C) groups is 1. The number of halogens is 1. The molecular formula is C25H43IN6O. The molecule has 0 aromatic heterocycles. The highest BCUT2D eigenvalue weighted by atomic mass is 127. The average Bonchev–Trinajstić information content (AvgIpc) is 3.28. The predicted octanol–water partition coefficient (Wildman–Crippen LogP) is 2.27. The molecule has 3 fully saturated rings. The zero-order chi connectivity index (χ0) is 22.3. The van der Waals surface area contributed by atoms with Crippen molar-refractivity contribution in [2.45, 2.75) is 20.3 Å². The largest absolute Gasteiger partial charge is 0.379 e. The molecule has 33 heavy (non-hydrogen) atoms. The van der Waals surface area contributed by atoms with Gasteiger partial charge in [0.1, 0.15) is 0 Å². The van der Waals surface area contributed by atoms with Crippen molar-refractivity contribution in [1.29, 1.82) is 0 Å². The SMILES string of the molecule is CN=C(NCCN1CCN(c2cccc(C)c2C)CC1)N1CCC(CN2CCOCC2)C1.I. The molecule has 3 aliphatic heterocycles. The lowest BCUT2D eigenvalue weighted by Gasteiger charge is -2.37. The Balaban J connectivity index is 0.00000306. The maximum Gasteiger partial charge on any atom is 0.193 e. The summed E-state index contributed by atoms with van der Waals surface area (Å²) in [5.74, 6) is 1.81. The Morgan fingerprint density at radius 3 is 2.52 bits per heavy atom. The molecule has 3 heterocycles. The molecule has 1 unspecified atom stereocenters. The fraction of sp³-hybridized carbons (Fsp3) is 0.720. The standard InChI is InChI=1S/C25H42N6O.HI/c1-21-5-4-6-24(22(21)2)30-13-11-28(12-14-30)10-8-27-25(26-3)31-9-7-23(20-31)19-29-15-17-32-18-16-29;/h4-6,23H,7-20H2,1-3H3,(H,26,27);1H. The van der Waals surface area contributed by atoms with Gasteiger partial charge in [0, 0.05) is 84.7 Å². The van der Waals surface area contributed by atoms with E-state index in [0.717, 1.165) is 90.5 Å². The van der Waals surface area contributed by atoms with E-state index in [1.54, 1.807) is 0 Å². The molecule has 1 aromatic carbocycles. The molecule has 0 bridgehead atoms. The van der Waals surface area contributed by atoms with Gasteiger partial charge in [0.2, 0.25) is 0 Å². The fourth-order valence-corrected chi connectivity index (χ4v) is 5.27. The summed E-state index contributed by atoms with van der Waals surface area (Å²) in [5.41, 5.74) is 4.21.